The van der Waals surface area contributed by atoms with Crippen LogP contribution in [0.1, 0.15) is 18.4 Å². The van der Waals surface area contributed by atoms with Crippen molar-refractivity contribution in [1.82, 2.24) is 4.98 Å². The molecule has 0 amide bonds. The van der Waals surface area contributed by atoms with Gasteiger partial charge in [0.2, 0.25) is 5.82 Å². The van der Waals surface area contributed by atoms with Gasteiger partial charge in [-0.1, -0.05) is 0 Å². The minimum atomic E-state index is -0.476. The maximum Gasteiger partial charge on any atom is 0.311 e. The van der Waals surface area contributed by atoms with Crippen molar-refractivity contribution >= 4 is 11.5 Å². The molecule has 3 rings (SSSR count). The summed E-state index contributed by atoms with van der Waals surface area (Å²) in [6.07, 6.45) is 3.08. The van der Waals surface area contributed by atoms with E-state index < -0.39 is 5.79 Å². The van der Waals surface area contributed by atoms with Gasteiger partial charge in [-0.2, -0.15) is 0 Å². The molecule has 0 radical (unpaired) electrons. The number of pyridine rings is 1. The van der Waals surface area contributed by atoms with E-state index in [1.54, 1.807) is 19.2 Å². The monoisotopic (exact) mass is 279 g/mol. The fourth-order valence-corrected chi connectivity index (χ4v) is 2.77. The maximum atomic E-state index is 11.2. The van der Waals surface area contributed by atoms with E-state index >= 15 is 0 Å². The van der Waals surface area contributed by atoms with Crippen molar-refractivity contribution in [3.63, 3.8) is 0 Å². The highest BCUT2D eigenvalue weighted by Crippen LogP contribution is 2.35. The smallest absolute Gasteiger partial charge is 0.311 e. The number of hydrogen-bond donors (Lipinski definition) is 0. The van der Waals surface area contributed by atoms with Gasteiger partial charge in [0.15, 0.2) is 5.79 Å². The lowest BCUT2D eigenvalue weighted by Gasteiger charge is -2.37. The Morgan fingerprint density at radius 1 is 1.35 bits per heavy atom. The Bertz CT molecular complexity index is 518. The number of anilines is 1. The van der Waals surface area contributed by atoms with Crippen molar-refractivity contribution in [2.75, 3.05) is 31.2 Å². The molecular formula is C13H17N3O4. The summed E-state index contributed by atoms with van der Waals surface area (Å²) in [4.78, 5) is 17.0. The van der Waals surface area contributed by atoms with Crippen LogP contribution in [0.25, 0.3) is 0 Å². The van der Waals surface area contributed by atoms with Gasteiger partial charge in [-0.25, -0.2) is 4.98 Å². The molecule has 2 aliphatic rings. The van der Waals surface area contributed by atoms with E-state index in [0.717, 1.165) is 5.56 Å². The first kappa shape index (κ1) is 13.3. The number of aromatic nitrogens is 1. The molecule has 2 saturated heterocycles. The van der Waals surface area contributed by atoms with Crippen LogP contribution in [-0.2, 0) is 9.47 Å². The number of rotatable bonds is 2. The number of ether oxygens (including phenoxy) is 2. The van der Waals surface area contributed by atoms with Gasteiger partial charge >= 0.3 is 5.69 Å². The average Bonchev–Trinajstić information content (AvgIpc) is 2.88. The van der Waals surface area contributed by atoms with Gasteiger partial charge in [0.05, 0.1) is 18.1 Å². The lowest BCUT2D eigenvalue weighted by Crippen LogP contribution is -2.45. The van der Waals surface area contributed by atoms with Gasteiger partial charge in [0.1, 0.15) is 0 Å². The van der Waals surface area contributed by atoms with Crippen LogP contribution in [-0.4, -0.2) is 42.0 Å². The summed E-state index contributed by atoms with van der Waals surface area (Å²) in [7, 11) is 0. The highest BCUT2D eigenvalue weighted by Gasteiger charge is 2.41. The molecule has 0 bridgehead atoms. The summed E-state index contributed by atoms with van der Waals surface area (Å²) in [5.74, 6) is -0.0378. The molecule has 1 aromatic rings. The van der Waals surface area contributed by atoms with Gasteiger partial charge in [0.25, 0.3) is 0 Å². The predicted octanol–water partition coefficient (Wildman–Crippen LogP) is 1.64. The van der Waals surface area contributed by atoms with Gasteiger partial charge in [0, 0.05) is 38.2 Å². The second-order valence-corrected chi connectivity index (χ2v) is 5.21. The minimum absolute atomic E-state index is 0.0641. The van der Waals surface area contributed by atoms with Crippen molar-refractivity contribution in [2.45, 2.75) is 25.6 Å². The molecule has 7 heteroatoms. The first-order valence-corrected chi connectivity index (χ1v) is 6.74. The van der Waals surface area contributed by atoms with E-state index in [2.05, 4.69) is 4.98 Å². The Labute approximate surface area is 116 Å². The lowest BCUT2D eigenvalue weighted by molar-refractivity contribution is -0.384. The molecule has 108 valence electrons. The van der Waals surface area contributed by atoms with Gasteiger partial charge in [-0.05, 0) is 12.5 Å². The molecule has 0 atom stereocenters. The zero-order chi connectivity index (χ0) is 14.2. The van der Waals surface area contributed by atoms with Crippen molar-refractivity contribution in [3.8, 4) is 0 Å². The third kappa shape index (κ3) is 2.34. The van der Waals surface area contributed by atoms with E-state index in [1.165, 1.54) is 0 Å². The Morgan fingerprint density at radius 2 is 2.00 bits per heavy atom. The molecule has 0 aliphatic carbocycles. The van der Waals surface area contributed by atoms with Crippen LogP contribution >= 0.6 is 0 Å². The van der Waals surface area contributed by atoms with Crippen LogP contribution in [0, 0.1) is 17.0 Å². The Kier molecular flexibility index (Phi) is 3.31. The summed E-state index contributed by atoms with van der Waals surface area (Å²) >= 11 is 0. The van der Waals surface area contributed by atoms with E-state index in [1.807, 2.05) is 4.90 Å². The lowest BCUT2D eigenvalue weighted by atomic mass is 10.0. The largest absolute Gasteiger partial charge is 0.350 e. The molecule has 0 saturated carbocycles. The molecule has 0 N–H and O–H groups in total. The summed E-state index contributed by atoms with van der Waals surface area (Å²) < 4.78 is 11.3. The SMILES string of the molecule is Cc1cnc(N2CCC3(CC2)OCCO3)c([N+](=O)[O-])c1. The topological polar surface area (TPSA) is 77.7 Å². The molecule has 0 aromatic carbocycles. The highest BCUT2D eigenvalue weighted by atomic mass is 16.7. The maximum absolute atomic E-state index is 11.2. The standard InChI is InChI=1S/C13H17N3O4/c1-10-8-11(16(17)18)12(14-9-10)15-4-2-13(3-5-15)19-6-7-20-13/h8-9H,2-7H2,1H3. The van der Waals surface area contributed by atoms with Crippen molar-refractivity contribution < 1.29 is 14.4 Å². The first-order chi connectivity index (χ1) is 9.60. The molecule has 2 fully saturated rings. The number of hydrogen-bond acceptors (Lipinski definition) is 6. The van der Waals surface area contributed by atoms with Crippen LogP contribution in [0.2, 0.25) is 0 Å². The number of nitro groups is 1. The second kappa shape index (κ2) is 4.99. The summed E-state index contributed by atoms with van der Waals surface area (Å²) in [5.41, 5.74) is 0.852. The van der Waals surface area contributed by atoms with Crippen LogP contribution in [0.3, 0.4) is 0 Å². The summed E-state index contributed by atoms with van der Waals surface area (Å²) in [5, 5.41) is 11.2. The third-order valence-electron chi connectivity index (χ3n) is 3.82. The van der Waals surface area contributed by atoms with Crippen LogP contribution < -0.4 is 4.90 Å². The van der Waals surface area contributed by atoms with E-state index in [0.29, 0.717) is 45.0 Å². The molecule has 3 heterocycles. The van der Waals surface area contributed by atoms with Gasteiger partial charge in [-0.15, -0.1) is 0 Å². The average molecular weight is 279 g/mol. The van der Waals surface area contributed by atoms with Crippen LogP contribution in [0.5, 0.6) is 0 Å². The van der Waals surface area contributed by atoms with E-state index in [4.69, 9.17) is 9.47 Å². The Balaban J connectivity index is 1.79. The minimum Gasteiger partial charge on any atom is -0.350 e. The van der Waals surface area contributed by atoms with Crippen LogP contribution in [0.15, 0.2) is 12.3 Å². The van der Waals surface area contributed by atoms with Crippen molar-refractivity contribution in [3.05, 3.63) is 27.9 Å². The fourth-order valence-electron chi connectivity index (χ4n) is 2.77. The van der Waals surface area contributed by atoms with Gasteiger partial charge < -0.3 is 14.4 Å². The molecular weight excluding hydrogens is 262 g/mol. The number of nitrogens with zero attached hydrogens (tertiary/aromatic N) is 3. The van der Waals surface area contributed by atoms with Gasteiger partial charge in [-0.3, -0.25) is 10.1 Å². The number of aryl methyl sites for hydroxylation is 1. The molecule has 20 heavy (non-hydrogen) atoms. The van der Waals surface area contributed by atoms with E-state index in [9.17, 15) is 10.1 Å². The highest BCUT2D eigenvalue weighted by molar-refractivity contribution is 5.58. The first-order valence-electron chi connectivity index (χ1n) is 6.74. The fraction of sp³-hybridized carbons (Fsp3) is 0.615. The molecule has 1 spiro atoms. The quantitative estimate of drug-likeness (QED) is 0.605. The number of piperidine rings is 1. The summed E-state index contributed by atoms with van der Waals surface area (Å²) in [6.45, 7) is 4.36. The Morgan fingerprint density at radius 3 is 2.60 bits per heavy atom. The predicted molar refractivity (Wildman–Crippen MR) is 71.7 cm³/mol. The zero-order valence-electron chi connectivity index (χ0n) is 11.4. The van der Waals surface area contributed by atoms with Crippen molar-refractivity contribution in [2.24, 2.45) is 0 Å². The van der Waals surface area contributed by atoms with Crippen LogP contribution in [0.4, 0.5) is 11.5 Å². The van der Waals surface area contributed by atoms with Crippen molar-refractivity contribution in [1.29, 1.82) is 0 Å². The molecule has 0 unspecified atom stereocenters. The molecule has 2 aliphatic heterocycles. The zero-order valence-corrected chi connectivity index (χ0v) is 11.4. The van der Waals surface area contributed by atoms with E-state index in [-0.39, 0.29) is 10.6 Å². The molecule has 1 aromatic heterocycles. The Hall–Kier alpha value is -1.73. The summed E-state index contributed by atoms with van der Waals surface area (Å²) in [6, 6.07) is 1.56. The molecule has 7 nitrogen and oxygen atoms in total. The normalized spacial score (nSPS) is 21.4. The third-order valence-corrected chi connectivity index (χ3v) is 3.82. The second-order valence-electron chi connectivity index (χ2n) is 5.21.